The van der Waals surface area contributed by atoms with Crippen molar-refractivity contribution in [1.82, 2.24) is 19.3 Å². The monoisotopic (exact) mass is 376 g/mol. The molecule has 0 spiro atoms. The highest BCUT2D eigenvalue weighted by Gasteiger charge is 2.34. The van der Waals surface area contributed by atoms with Crippen molar-refractivity contribution in [3.63, 3.8) is 0 Å². The second-order valence-corrected chi connectivity index (χ2v) is 7.89. The van der Waals surface area contributed by atoms with Gasteiger partial charge in [0.15, 0.2) is 5.69 Å². The van der Waals surface area contributed by atoms with Gasteiger partial charge in [0.2, 0.25) is 10.0 Å². The number of fused-ring (bicyclic) bond motifs is 1. The van der Waals surface area contributed by atoms with Crippen molar-refractivity contribution in [3.05, 3.63) is 40.6 Å². The molecular formula is C13H11F3N4O2S2. The van der Waals surface area contributed by atoms with Crippen molar-refractivity contribution in [2.24, 2.45) is 0 Å². The summed E-state index contributed by atoms with van der Waals surface area (Å²) in [4.78, 5) is 10.2. The quantitative estimate of drug-likeness (QED) is 0.759. The van der Waals surface area contributed by atoms with Crippen molar-refractivity contribution in [3.8, 4) is 0 Å². The highest BCUT2D eigenvalue weighted by atomic mass is 32.2. The van der Waals surface area contributed by atoms with Gasteiger partial charge in [0.25, 0.3) is 0 Å². The fraction of sp³-hybridized carbons (Fsp3) is 0.231. The van der Waals surface area contributed by atoms with E-state index in [1.807, 2.05) is 0 Å². The maximum Gasteiger partial charge on any atom is 0.434 e. The summed E-state index contributed by atoms with van der Waals surface area (Å²) in [5, 5.41) is 1.34. The van der Waals surface area contributed by atoms with E-state index in [1.54, 1.807) is 12.1 Å². The first-order chi connectivity index (χ1) is 11.2. The Balaban J connectivity index is 1.88. The third-order valence-electron chi connectivity index (χ3n) is 3.30. The van der Waals surface area contributed by atoms with Gasteiger partial charge in [-0.05, 0) is 12.1 Å². The molecule has 0 saturated carbocycles. The Labute approximate surface area is 139 Å². The largest absolute Gasteiger partial charge is 0.434 e. The van der Waals surface area contributed by atoms with E-state index in [-0.39, 0.29) is 16.4 Å². The number of aromatic nitrogens is 3. The molecular weight excluding hydrogens is 365 g/mol. The van der Waals surface area contributed by atoms with Crippen molar-refractivity contribution in [1.29, 1.82) is 0 Å². The highest BCUT2D eigenvalue weighted by molar-refractivity contribution is 7.89. The minimum absolute atomic E-state index is 0.0145. The molecule has 0 unspecified atom stereocenters. The summed E-state index contributed by atoms with van der Waals surface area (Å²) in [7, 11) is -2.61. The Morgan fingerprint density at radius 1 is 1.38 bits per heavy atom. The summed E-state index contributed by atoms with van der Waals surface area (Å²) >= 11 is 0.764. The zero-order chi connectivity index (χ0) is 17.5. The van der Waals surface area contributed by atoms with Crippen LogP contribution >= 0.6 is 11.3 Å². The smallest absolute Gasteiger partial charge is 0.345 e. The topological polar surface area (TPSA) is 79.0 Å². The lowest BCUT2D eigenvalue weighted by molar-refractivity contribution is -0.140. The Kier molecular flexibility index (Phi) is 4.10. The molecule has 0 amide bonds. The molecule has 0 atom stereocenters. The second kappa shape index (κ2) is 5.83. The second-order valence-electron chi connectivity index (χ2n) is 4.94. The molecule has 1 N–H and O–H groups in total. The molecule has 6 nitrogen and oxygen atoms in total. The van der Waals surface area contributed by atoms with Crippen LogP contribution in [0.25, 0.3) is 11.0 Å². The number of nitrogens with one attached hydrogen (secondary N) is 1. The molecule has 0 bridgehead atoms. The third kappa shape index (κ3) is 3.01. The molecule has 24 heavy (non-hydrogen) atoms. The number of nitrogens with zero attached hydrogens (tertiary/aromatic N) is 3. The molecule has 0 fully saturated rings. The number of hydrogen-bond acceptors (Lipinski definition) is 5. The molecule has 0 radical (unpaired) electrons. The summed E-state index contributed by atoms with van der Waals surface area (Å²) in [5.41, 5.74) is -0.609. The molecule has 3 aromatic rings. The lowest BCUT2D eigenvalue weighted by Crippen LogP contribution is -2.26. The maximum absolute atomic E-state index is 12.6. The van der Waals surface area contributed by atoms with Gasteiger partial charge >= 0.3 is 6.18 Å². The normalized spacial score (nSPS) is 13.0. The molecule has 0 aliphatic rings. The molecule has 0 aromatic carbocycles. The van der Waals surface area contributed by atoms with Crippen LogP contribution in [0.2, 0.25) is 0 Å². The summed E-state index contributed by atoms with van der Waals surface area (Å²) in [6.07, 6.45) is -1.71. The number of sulfonamides is 1. The summed E-state index contributed by atoms with van der Waals surface area (Å²) in [5.74, 6) is 0. The van der Waals surface area contributed by atoms with Crippen molar-refractivity contribution in [2.45, 2.75) is 17.6 Å². The molecule has 3 aromatic heterocycles. The van der Waals surface area contributed by atoms with E-state index in [1.165, 1.54) is 19.4 Å². The number of pyridine rings is 1. The van der Waals surface area contributed by atoms with Gasteiger partial charge in [-0.15, -0.1) is 11.3 Å². The van der Waals surface area contributed by atoms with Gasteiger partial charge in [-0.3, -0.25) is 0 Å². The molecule has 0 aliphatic heterocycles. The molecule has 3 heterocycles. The van der Waals surface area contributed by atoms with Gasteiger partial charge in [0.05, 0.1) is 6.54 Å². The van der Waals surface area contributed by atoms with Crippen LogP contribution in [0, 0.1) is 0 Å². The summed E-state index contributed by atoms with van der Waals surface area (Å²) in [6.45, 7) is -0.254. The van der Waals surface area contributed by atoms with Crippen LogP contribution in [0.3, 0.4) is 0 Å². The van der Waals surface area contributed by atoms with E-state index in [0.29, 0.717) is 11.0 Å². The van der Waals surface area contributed by atoms with Gasteiger partial charge in [-0.1, -0.05) is 0 Å². The van der Waals surface area contributed by atoms with Crippen molar-refractivity contribution >= 4 is 32.4 Å². The zero-order valence-corrected chi connectivity index (χ0v) is 13.8. The van der Waals surface area contributed by atoms with Crippen molar-refractivity contribution in [2.75, 3.05) is 7.05 Å². The third-order valence-corrected chi connectivity index (χ3v) is 5.98. The minimum Gasteiger partial charge on any atom is -0.345 e. The van der Waals surface area contributed by atoms with Crippen LogP contribution in [0.4, 0.5) is 13.2 Å². The van der Waals surface area contributed by atoms with Crippen LogP contribution in [0.15, 0.2) is 34.8 Å². The van der Waals surface area contributed by atoms with Crippen LogP contribution in [0.5, 0.6) is 0 Å². The Hall–Kier alpha value is -1.98. The zero-order valence-electron chi connectivity index (χ0n) is 12.2. The maximum atomic E-state index is 12.6. The number of rotatable bonds is 4. The fourth-order valence-corrected chi connectivity index (χ4v) is 4.31. The Morgan fingerprint density at radius 2 is 2.12 bits per heavy atom. The standard InChI is InChI=1S/C13H11F3N4O2S2/c1-20(6-11-19-10(7-23-11)13(14,15)16)24(21,22)9-5-18-12-8(9)3-2-4-17-12/h2-5,7H,6H2,1H3,(H,17,18). The first-order valence-electron chi connectivity index (χ1n) is 6.59. The SMILES string of the molecule is CN(Cc1nc(C(F)(F)F)cs1)S(=O)(=O)c1c[nH]c2ncccc12. The summed E-state index contributed by atoms with van der Waals surface area (Å²) in [6, 6.07) is 3.20. The minimum atomic E-state index is -4.55. The van der Waals surface area contributed by atoms with Crippen LogP contribution in [-0.4, -0.2) is 34.7 Å². The average molecular weight is 376 g/mol. The van der Waals surface area contributed by atoms with E-state index in [9.17, 15) is 21.6 Å². The predicted molar refractivity (Wildman–Crippen MR) is 81.9 cm³/mol. The summed E-state index contributed by atoms with van der Waals surface area (Å²) < 4.78 is 64.0. The lowest BCUT2D eigenvalue weighted by Gasteiger charge is -2.15. The lowest BCUT2D eigenvalue weighted by atomic mass is 10.3. The molecule has 11 heteroatoms. The van der Waals surface area contributed by atoms with Gasteiger partial charge in [-0.2, -0.15) is 17.5 Å². The van der Waals surface area contributed by atoms with E-state index >= 15 is 0 Å². The molecule has 128 valence electrons. The fourth-order valence-electron chi connectivity index (χ4n) is 2.10. The van der Waals surface area contributed by atoms with E-state index in [4.69, 9.17) is 0 Å². The van der Waals surface area contributed by atoms with Crippen LogP contribution < -0.4 is 0 Å². The van der Waals surface area contributed by atoms with Crippen LogP contribution in [-0.2, 0) is 22.7 Å². The van der Waals surface area contributed by atoms with E-state index < -0.39 is 21.9 Å². The first-order valence-corrected chi connectivity index (χ1v) is 8.91. The van der Waals surface area contributed by atoms with Crippen LogP contribution in [0.1, 0.15) is 10.7 Å². The van der Waals surface area contributed by atoms with Crippen molar-refractivity contribution < 1.29 is 21.6 Å². The molecule has 0 saturated heterocycles. The number of hydrogen-bond donors (Lipinski definition) is 1. The average Bonchev–Trinajstić information content (AvgIpc) is 3.13. The van der Waals surface area contributed by atoms with Gasteiger partial charge in [0, 0.05) is 30.2 Å². The number of alkyl halides is 3. The van der Waals surface area contributed by atoms with Gasteiger partial charge in [-0.25, -0.2) is 18.4 Å². The number of H-pyrrole nitrogens is 1. The van der Waals surface area contributed by atoms with E-state index in [2.05, 4.69) is 15.0 Å². The number of aromatic amines is 1. The molecule has 0 aliphatic carbocycles. The van der Waals surface area contributed by atoms with Gasteiger partial charge < -0.3 is 4.98 Å². The van der Waals surface area contributed by atoms with Gasteiger partial charge in [0.1, 0.15) is 15.6 Å². The Morgan fingerprint density at radius 3 is 2.79 bits per heavy atom. The number of thiazole rings is 1. The highest BCUT2D eigenvalue weighted by Crippen LogP contribution is 2.31. The Bertz CT molecular complexity index is 978. The first kappa shape index (κ1) is 16.9. The number of halogens is 3. The predicted octanol–water partition coefficient (Wildman–Crippen LogP) is 2.86. The van der Waals surface area contributed by atoms with E-state index in [0.717, 1.165) is 21.0 Å². The molecule has 3 rings (SSSR count).